The number of carbonyl (C=O) groups excluding carboxylic acids is 2. The van der Waals surface area contributed by atoms with E-state index >= 15 is 0 Å². The van der Waals surface area contributed by atoms with Gasteiger partial charge in [-0.15, -0.1) is 0 Å². The molecule has 1 aliphatic rings. The first-order valence-corrected chi connectivity index (χ1v) is 12.8. The predicted octanol–water partition coefficient (Wildman–Crippen LogP) is 3.05. The van der Waals surface area contributed by atoms with Gasteiger partial charge in [-0.2, -0.15) is 0 Å². The zero-order valence-electron chi connectivity index (χ0n) is 21.4. The van der Waals surface area contributed by atoms with Crippen LogP contribution in [0.2, 0.25) is 0 Å². The lowest BCUT2D eigenvalue weighted by molar-refractivity contribution is -0.116. The molecule has 5 N–H and O–H groups in total. The monoisotopic (exact) mass is 534 g/mol. The van der Waals surface area contributed by atoms with E-state index in [-0.39, 0.29) is 35.4 Å². The number of amides is 2. The van der Waals surface area contributed by atoms with Crippen molar-refractivity contribution in [1.82, 2.24) is 9.27 Å². The summed E-state index contributed by atoms with van der Waals surface area (Å²) in [5, 5.41) is 12.9. The van der Waals surface area contributed by atoms with Gasteiger partial charge in [0.2, 0.25) is 5.91 Å². The molecule has 11 heteroatoms. The number of nitrogens with two attached hydrogens (primary N) is 1. The number of hydrogen-bond donors (Lipinski definition) is 4. The molecule has 1 unspecified atom stereocenters. The van der Waals surface area contributed by atoms with Crippen LogP contribution < -0.4 is 21.5 Å². The number of H-pyrrole nitrogens is 1. The van der Waals surface area contributed by atoms with Crippen molar-refractivity contribution < 1.29 is 14.7 Å². The molecule has 0 bridgehead atoms. The summed E-state index contributed by atoms with van der Waals surface area (Å²) in [6.45, 7) is 7.71. The first kappa shape index (κ1) is 26.8. The Hall–Kier alpha value is -4.22. The number of aliphatic imine (C=N–C) groups is 1. The van der Waals surface area contributed by atoms with Gasteiger partial charge < -0.3 is 26.0 Å². The van der Waals surface area contributed by atoms with Crippen LogP contribution in [0, 0.1) is 0 Å². The van der Waals surface area contributed by atoms with E-state index in [1.807, 2.05) is 18.2 Å². The number of nitrogens with zero attached hydrogens (tertiary/aromatic N) is 3. The minimum atomic E-state index is -0.449. The van der Waals surface area contributed by atoms with E-state index in [1.54, 1.807) is 48.0 Å². The summed E-state index contributed by atoms with van der Waals surface area (Å²) < 4.78 is 2.65. The van der Waals surface area contributed by atoms with Gasteiger partial charge in [0, 0.05) is 49.6 Å². The Morgan fingerprint density at radius 3 is 2.79 bits per heavy atom. The van der Waals surface area contributed by atoms with Crippen LogP contribution in [0.3, 0.4) is 0 Å². The number of aliphatic hydroxyl groups is 1. The lowest BCUT2D eigenvalue weighted by Crippen LogP contribution is -2.27. The van der Waals surface area contributed by atoms with Crippen molar-refractivity contribution in [2.24, 2.45) is 10.7 Å². The number of carbonyl (C=O) groups is 2. The molecule has 0 aliphatic carbocycles. The Labute approximate surface area is 224 Å². The van der Waals surface area contributed by atoms with Crippen LogP contribution in [-0.4, -0.2) is 51.7 Å². The molecule has 2 aromatic carbocycles. The number of fused-ring (bicyclic) bond motifs is 1. The quantitative estimate of drug-likeness (QED) is 0.258. The zero-order chi connectivity index (χ0) is 27.6. The van der Waals surface area contributed by atoms with Crippen molar-refractivity contribution in [3.8, 4) is 0 Å². The van der Waals surface area contributed by atoms with Gasteiger partial charge in [0.15, 0.2) is 0 Å². The molecule has 10 nitrogen and oxygen atoms in total. The van der Waals surface area contributed by atoms with E-state index in [4.69, 9.17) is 5.73 Å². The van der Waals surface area contributed by atoms with Crippen molar-refractivity contribution in [3.63, 3.8) is 0 Å². The molecule has 0 saturated carbocycles. The number of aromatic amines is 1. The number of aromatic nitrogens is 1. The first-order chi connectivity index (χ1) is 18.1. The molecule has 0 radical (unpaired) electrons. The third-order valence-corrected chi connectivity index (χ3v) is 7.22. The molecule has 0 spiro atoms. The van der Waals surface area contributed by atoms with E-state index in [2.05, 4.69) is 21.3 Å². The summed E-state index contributed by atoms with van der Waals surface area (Å²) in [7, 11) is 1.73. The predicted molar refractivity (Wildman–Crippen MR) is 151 cm³/mol. The van der Waals surface area contributed by atoms with E-state index in [0.29, 0.717) is 34.9 Å². The smallest absolute Gasteiger partial charge is 0.271 e. The second-order valence-corrected chi connectivity index (χ2v) is 9.89. The molecule has 1 atom stereocenters. The highest BCUT2D eigenvalue weighted by Gasteiger charge is 2.28. The van der Waals surface area contributed by atoms with Gasteiger partial charge in [0.05, 0.1) is 12.6 Å². The topological polar surface area (TPSA) is 144 Å². The molecular formula is C27H30N6O4S. The van der Waals surface area contributed by atoms with Crippen LogP contribution in [0.25, 0.3) is 6.08 Å². The van der Waals surface area contributed by atoms with Crippen LogP contribution in [0.4, 0.5) is 16.4 Å². The summed E-state index contributed by atoms with van der Waals surface area (Å²) >= 11 is 1.08. The SMILES string of the molecule is C=Cc1cc(Nc2s[nH]c(=O)c2C(N)=NC(C)CO)ccc1C(=O)N1Cc2cccc(N(C)C(C)=O)c2C1. The highest BCUT2D eigenvalue weighted by molar-refractivity contribution is 7.10. The summed E-state index contributed by atoms with van der Waals surface area (Å²) in [6.07, 6.45) is 1.61. The third-order valence-electron chi connectivity index (χ3n) is 6.42. The average molecular weight is 535 g/mol. The molecule has 2 heterocycles. The second kappa shape index (κ2) is 11.0. The van der Waals surface area contributed by atoms with E-state index < -0.39 is 6.04 Å². The molecule has 3 aromatic rings. The Morgan fingerprint density at radius 2 is 2.11 bits per heavy atom. The van der Waals surface area contributed by atoms with Crippen LogP contribution in [0.5, 0.6) is 0 Å². The normalized spacial score (nSPS) is 13.7. The van der Waals surface area contributed by atoms with Gasteiger partial charge in [-0.05, 0) is 53.8 Å². The van der Waals surface area contributed by atoms with Crippen molar-refractivity contribution in [2.75, 3.05) is 23.9 Å². The maximum absolute atomic E-state index is 13.5. The zero-order valence-corrected chi connectivity index (χ0v) is 22.3. The van der Waals surface area contributed by atoms with Crippen LogP contribution in [0.1, 0.15) is 46.5 Å². The number of amidine groups is 1. The summed E-state index contributed by atoms with van der Waals surface area (Å²) in [4.78, 5) is 45.3. The number of benzene rings is 2. The largest absolute Gasteiger partial charge is 0.394 e. The van der Waals surface area contributed by atoms with Gasteiger partial charge in [0.1, 0.15) is 16.4 Å². The molecule has 4 rings (SSSR count). The van der Waals surface area contributed by atoms with Crippen molar-refractivity contribution in [2.45, 2.75) is 33.0 Å². The van der Waals surface area contributed by atoms with Crippen LogP contribution in [-0.2, 0) is 17.9 Å². The van der Waals surface area contributed by atoms with Crippen LogP contribution >= 0.6 is 11.5 Å². The Balaban J connectivity index is 1.58. The van der Waals surface area contributed by atoms with Gasteiger partial charge in [-0.3, -0.25) is 23.7 Å². The summed E-state index contributed by atoms with van der Waals surface area (Å²) in [5.41, 5.74) is 10.3. The van der Waals surface area contributed by atoms with E-state index in [9.17, 15) is 19.5 Å². The van der Waals surface area contributed by atoms with E-state index in [1.165, 1.54) is 6.92 Å². The van der Waals surface area contributed by atoms with Crippen molar-refractivity contribution in [3.05, 3.63) is 81.1 Å². The maximum atomic E-state index is 13.5. The van der Waals surface area contributed by atoms with Gasteiger partial charge in [0.25, 0.3) is 11.5 Å². The Morgan fingerprint density at radius 1 is 1.34 bits per heavy atom. The van der Waals surface area contributed by atoms with Crippen molar-refractivity contribution in [1.29, 1.82) is 0 Å². The molecule has 1 aliphatic heterocycles. The Bertz CT molecular complexity index is 1490. The number of nitrogens with one attached hydrogen (secondary N) is 2. The van der Waals surface area contributed by atoms with Gasteiger partial charge in [-0.25, -0.2) is 0 Å². The molecular weight excluding hydrogens is 504 g/mol. The fourth-order valence-electron chi connectivity index (χ4n) is 4.30. The third kappa shape index (κ3) is 5.24. The number of anilines is 3. The number of aliphatic hydroxyl groups excluding tert-OH is 1. The van der Waals surface area contributed by atoms with Gasteiger partial charge in [-0.1, -0.05) is 24.8 Å². The minimum absolute atomic E-state index is 0.0238. The number of rotatable bonds is 8. The second-order valence-electron chi connectivity index (χ2n) is 9.07. The van der Waals surface area contributed by atoms with Crippen molar-refractivity contribution >= 4 is 51.6 Å². The summed E-state index contributed by atoms with van der Waals surface area (Å²) in [5.74, 6) is -0.206. The standard InChI is InChI=1S/C27H30N6O4S/c1-5-17-11-19(30-26-23(25(36)31-38-26)24(28)29-15(2)14-34)9-10-20(17)27(37)33-12-18-7-6-8-22(21(18)13-33)32(4)16(3)35/h5-11,15,30,34H,1,12-14H2,2-4H3,(H2,28,29)(H,31,36). The van der Waals surface area contributed by atoms with Gasteiger partial charge >= 0.3 is 0 Å². The molecule has 1 aromatic heterocycles. The molecule has 0 fully saturated rings. The molecule has 0 saturated heterocycles. The molecule has 38 heavy (non-hydrogen) atoms. The summed E-state index contributed by atoms with van der Waals surface area (Å²) in [6, 6.07) is 10.5. The molecule has 198 valence electrons. The first-order valence-electron chi connectivity index (χ1n) is 12.0. The van der Waals surface area contributed by atoms with E-state index in [0.717, 1.165) is 28.3 Å². The number of hydrogen-bond acceptors (Lipinski definition) is 7. The molecule has 2 amide bonds. The lowest BCUT2D eigenvalue weighted by Gasteiger charge is -2.20. The highest BCUT2D eigenvalue weighted by Crippen LogP contribution is 2.33. The lowest BCUT2D eigenvalue weighted by atomic mass is 10.0. The van der Waals surface area contributed by atoms with Crippen LogP contribution in [0.15, 0.2) is 52.8 Å². The minimum Gasteiger partial charge on any atom is -0.394 e. The highest BCUT2D eigenvalue weighted by atomic mass is 32.1. The maximum Gasteiger partial charge on any atom is 0.271 e. The fourth-order valence-corrected chi connectivity index (χ4v) is 5.07. The fraction of sp³-hybridized carbons (Fsp3) is 0.259. The Kier molecular flexibility index (Phi) is 7.79. The average Bonchev–Trinajstić information content (AvgIpc) is 3.50.